The predicted molar refractivity (Wildman–Crippen MR) is 102 cm³/mol. The number of rotatable bonds is 5. The highest BCUT2D eigenvalue weighted by molar-refractivity contribution is 5.82. The van der Waals surface area contributed by atoms with Crippen LogP contribution in [0, 0.1) is 0 Å². The first-order chi connectivity index (χ1) is 13.1. The van der Waals surface area contributed by atoms with Gasteiger partial charge in [0.1, 0.15) is 18.1 Å². The molecule has 4 rings (SSSR count). The summed E-state index contributed by atoms with van der Waals surface area (Å²) in [7, 11) is 1.96. The molecule has 0 aliphatic rings. The Kier molecular flexibility index (Phi) is 4.17. The molecule has 2 heterocycles. The molecule has 2 aromatic carbocycles. The SMILES string of the molecule is Cn1ccc2cc(-n3c(-c4ccc(OCCN)cc4O)n[nH]c3=O)ccc21. The zero-order chi connectivity index (χ0) is 19.0. The average molecular weight is 365 g/mol. The predicted octanol–water partition coefficient (Wildman–Crippen LogP) is 1.76. The van der Waals surface area contributed by atoms with E-state index in [1.165, 1.54) is 10.6 Å². The summed E-state index contributed by atoms with van der Waals surface area (Å²) in [6.45, 7) is 0.729. The van der Waals surface area contributed by atoms with Crippen molar-refractivity contribution in [3.63, 3.8) is 0 Å². The number of aromatic hydroxyl groups is 1. The first kappa shape index (κ1) is 16.9. The minimum atomic E-state index is -0.386. The third-order valence-electron chi connectivity index (χ3n) is 4.40. The summed E-state index contributed by atoms with van der Waals surface area (Å²) >= 11 is 0. The third-order valence-corrected chi connectivity index (χ3v) is 4.40. The molecule has 8 heteroatoms. The van der Waals surface area contributed by atoms with Gasteiger partial charge in [-0.15, -0.1) is 0 Å². The molecule has 0 saturated carbocycles. The van der Waals surface area contributed by atoms with Crippen LogP contribution < -0.4 is 16.2 Å². The number of aromatic nitrogens is 4. The van der Waals surface area contributed by atoms with Crippen molar-refractivity contribution in [3.8, 4) is 28.6 Å². The fourth-order valence-corrected chi connectivity index (χ4v) is 3.09. The number of hydrogen-bond donors (Lipinski definition) is 3. The fraction of sp³-hybridized carbons (Fsp3) is 0.158. The van der Waals surface area contributed by atoms with E-state index in [9.17, 15) is 9.90 Å². The number of phenols is 1. The molecule has 0 fully saturated rings. The molecule has 8 nitrogen and oxygen atoms in total. The molecule has 0 amide bonds. The van der Waals surface area contributed by atoms with Crippen LogP contribution in [-0.2, 0) is 7.05 Å². The lowest BCUT2D eigenvalue weighted by Gasteiger charge is -2.10. The zero-order valence-electron chi connectivity index (χ0n) is 14.7. The molecule has 0 radical (unpaired) electrons. The second-order valence-corrected chi connectivity index (χ2v) is 6.17. The number of phenolic OH excluding ortho intramolecular Hbond substituents is 1. The lowest BCUT2D eigenvalue weighted by Crippen LogP contribution is -2.15. The van der Waals surface area contributed by atoms with E-state index >= 15 is 0 Å². The van der Waals surface area contributed by atoms with E-state index in [0.29, 0.717) is 36.0 Å². The van der Waals surface area contributed by atoms with Crippen molar-refractivity contribution in [1.29, 1.82) is 0 Å². The fourth-order valence-electron chi connectivity index (χ4n) is 3.09. The van der Waals surface area contributed by atoms with Gasteiger partial charge in [-0.05, 0) is 36.4 Å². The van der Waals surface area contributed by atoms with E-state index in [1.807, 2.05) is 42.1 Å². The number of H-pyrrole nitrogens is 1. The van der Waals surface area contributed by atoms with Gasteiger partial charge in [-0.2, -0.15) is 5.10 Å². The molecule has 138 valence electrons. The number of hydrogen-bond acceptors (Lipinski definition) is 5. The molecule has 0 saturated heterocycles. The number of nitrogens with two attached hydrogens (primary N) is 1. The van der Waals surface area contributed by atoms with E-state index in [4.69, 9.17) is 10.5 Å². The summed E-state index contributed by atoms with van der Waals surface area (Å²) in [5, 5.41) is 18.0. The van der Waals surface area contributed by atoms with Gasteiger partial charge in [0.15, 0.2) is 5.82 Å². The molecule has 0 aliphatic heterocycles. The Morgan fingerprint density at radius 3 is 2.85 bits per heavy atom. The monoisotopic (exact) mass is 365 g/mol. The molecular weight excluding hydrogens is 346 g/mol. The van der Waals surface area contributed by atoms with Crippen LogP contribution in [0.15, 0.2) is 53.5 Å². The van der Waals surface area contributed by atoms with Gasteiger partial charge >= 0.3 is 5.69 Å². The van der Waals surface area contributed by atoms with Crippen LogP contribution in [0.25, 0.3) is 28.0 Å². The molecule has 0 unspecified atom stereocenters. The Morgan fingerprint density at radius 1 is 1.22 bits per heavy atom. The second-order valence-electron chi connectivity index (χ2n) is 6.17. The van der Waals surface area contributed by atoms with E-state index in [1.54, 1.807) is 12.1 Å². The largest absolute Gasteiger partial charge is 0.507 e. The highest BCUT2D eigenvalue weighted by atomic mass is 16.5. The molecule has 4 N–H and O–H groups in total. The van der Waals surface area contributed by atoms with Crippen LogP contribution in [-0.4, -0.2) is 37.6 Å². The maximum atomic E-state index is 12.4. The van der Waals surface area contributed by atoms with Gasteiger partial charge in [-0.1, -0.05) is 0 Å². The van der Waals surface area contributed by atoms with Crippen molar-refractivity contribution < 1.29 is 9.84 Å². The maximum Gasteiger partial charge on any atom is 0.348 e. The standard InChI is InChI=1S/C19H19N5O3/c1-23-8-6-12-10-13(2-5-16(12)23)24-18(21-22-19(24)26)15-4-3-14(11-17(15)25)27-9-7-20/h2-6,8,10-11,25H,7,9,20H2,1H3,(H,22,26). The summed E-state index contributed by atoms with van der Waals surface area (Å²) in [6.07, 6.45) is 1.96. The summed E-state index contributed by atoms with van der Waals surface area (Å²) in [5.74, 6) is 0.778. The maximum absolute atomic E-state index is 12.4. The minimum absolute atomic E-state index is 0.0365. The average Bonchev–Trinajstić information content (AvgIpc) is 3.22. The number of nitrogens with zero attached hydrogens (tertiary/aromatic N) is 3. The van der Waals surface area contributed by atoms with Crippen LogP contribution in [0.3, 0.4) is 0 Å². The highest BCUT2D eigenvalue weighted by Gasteiger charge is 2.17. The van der Waals surface area contributed by atoms with Gasteiger partial charge < -0.3 is 20.1 Å². The molecule has 4 aromatic rings. The number of benzene rings is 2. The lowest BCUT2D eigenvalue weighted by atomic mass is 10.1. The van der Waals surface area contributed by atoms with Crippen molar-refractivity contribution in [1.82, 2.24) is 19.3 Å². The Labute approximate surface area is 154 Å². The highest BCUT2D eigenvalue weighted by Crippen LogP contribution is 2.32. The quantitative estimate of drug-likeness (QED) is 0.499. The second kappa shape index (κ2) is 6.65. The molecule has 0 atom stereocenters. The first-order valence-corrected chi connectivity index (χ1v) is 8.47. The van der Waals surface area contributed by atoms with E-state index < -0.39 is 0 Å². The summed E-state index contributed by atoms with van der Waals surface area (Å²) in [5.41, 5.74) is 7.17. The molecule has 0 bridgehead atoms. The van der Waals surface area contributed by atoms with E-state index in [2.05, 4.69) is 10.2 Å². The van der Waals surface area contributed by atoms with Crippen LogP contribution in [0.4, 0.5) is 0 Å². The number of fused-ring (bicyclic) bond motifs is 1. The Hall–Kier alpha value is -3.52. The zero-order valence-corrected chi connectivity index (χ0v) is 14.7. The molecule has 27 heavy (non-hydrogen) atoms. The van der Waals surface area contributed by atoms with Crippen LogP contribution in [0.5, 0.6) is 11.5 Å². The van der Waals surface area contributed by atoms with Gasteiger partial charge in [0, 0.05) is 36.8 Å². The Balaban J connectivity index is 1.80. The van der Waals surface area contributed by atoms with Crippen molar-refractivity contribution >= 4 is 10.9 Å². The Bertz CT molecular complexity index is 1170. The number of ether oxygens (including phenoxy) is 1. The van der Waals surface area contributed by atoms with Gasteiger partial charge in [-0.3, -0.25) is 0 Å². The first-order valence-electron chi connectivity index (χ1n) is 8.47. The molecule has 0 spiro atoms. The summed E-state index contributed by atoms with van der Waals surface area (Å²) in [4.78, 5) is 12.4. The smallest absolute Gasteiger partial charge is 0.348 e. The van der Waals surface area contributed by atoms with Gasteiger partial charge in [0.05, 0.1) is 11.3 Å². The van der Waals surface area contributed by atoms with E-state index in [-0.39, 0.29) is 11.4 Å². The van der Waals surface area contributed by atoms with E-state index in [0.717, 1.165) is 10.9 Å². The normalized spacial score (nSPS) is 11.2. The van der Waals surface area contributed by atoms with Crippen molar-refractivity contribution in [2.24, 2.45) is 12.8 Å². The van der Waals surface area contributed by atoms with Crippen molar-refractivity contribution in [2.75, 3.05) is 13.2 Å². The van der Waals surface area contributed by atoms with Crippen LogP contribution in [0.1, 0.15) is 0 Å². The lowest BCUT2D eigenvalue weighted by molar-refractivity contribution is 0.326. The van der Waals surface area contributed by atoms with Crippen LogP contribution >= 0.6 is 0 Å². The van der Waals surface area contributed by atoms with Crippen molar-refractivity contribution in [3.05, 3.63) is 59.1 Å². The Morgan fingerprint density at radius 2 is 2.07 bits per heavy atom. The molecule has 2 aromatic heterocycles. The third kappa shape index (κ3) is 2.96. The molecule has 0 aliphatic carbocycles. The van der Waals surface area contributed by atoms with Crippen molar-refractivity contribution in [2.45, 2.75) is 0 Å². The van der Waals surface area contributed by atoms with Gasteiger partial charge in [-0.25, -0.2) is 14.5 Å². The number of aromatic amines is 1. The van der Waals surface area contributed by atoms with Gasteiger partial charge in [0.25, 0.3) is 0 Å². The number of aryl methyl sites for hydroxylation is 1. The molecular formula is C19H19N5O3. The van der Waals surface area contributed by atoms with Crippen LogP contribution in [0.2, 0.25) is 0 Å². The number of nitrogens with one attached hydrogen (secondary N) is 1. The topological polar surface area (TPSA) is 111 Å². The summed E-state index contributed by atoms with van der Waals surface area (Å²) in [6, 6.07) is 12.5. The summed E-state index contributed by atoms with van der Waals surface area (Å²) < 4.78 is 8.85. The van der Waals surface area contributed by atoms with Gasteiger partial charge in [0.2, 0.25) is 0 Å². The minimum Gasteiger partial charge on any atom is -0.507 e.